The molecule has 0 aliphatic carbocycles. The minimum atomic E-state index is -0.115. The van der Waals surface area contributed by atoms with Gasteiger partial charge in [0, 0.05) is 29.0 Å². The Kier molecular flexibility index (Phi) is 5.52. The first-order valence-electron chi connectivity index (χ1n) is 14.0. The van der Waals surface area contributed by atoms with Gasteiger partial charge in [0.25, 0.3) is 0 Å². The highest BCUT2D eigenvalue weighted by Gasteiger charge is 2.24. The second kappa shape index (κ2) is 8.93. The third-order valence-electron chi connectivity index (χ3n) is 7.66. The Hall–Kier alpha value is -4.64. The highest BCUT2D eigenvalue weighted by molar-refractivity contribution is 6.19. The van der Waals surface area contributed by atoms with Gasteiger partial charge in [0.05, 0.1) is 22.2 Å². The van der Waals surface area contributed by atoms with Gasteiger partial charge < -0.3 is 13.6 Å². The van der Waals surface area contributed by atoms with Crippen molar-refractivity contribution < 1.29 is 13.6 Å². The minimum Gasteiger partial charge on any atom is -0.457 e. The highest BCUT2D eigenvalue weighted by Crippen LogP contribution is 2.42. The Morgan fingerprint density at radius 3 is 2.17 bits per heavy atom. The molecule has 0 fully saturated rings. The second-order valence-corrected chi connectivity index (χ2v) is 12.8. The molecule has 0 spiro atoms. The molecule has 0 aliphatic heterocycles. The van der Waals surface area contributed by atoms with Gasteiger partial charge in [-0.2, -0.15) is 0 Å². The average molecular weight is 541 g/mol. The summed E-state index contributed by atoms with van der Waals surface area (Å²) in [6, 6.07) is 26.5. The summed E-state index contributed by atoms with van der Waals surface area (Å²) in [7, 11) is 0. The van der Waals surface area contributed by atoms with Crippen LogP contribution in [0.5, 0.6) is 11.5 Å². The smallest absolute Gasteiger partial charge is 0.231 e. The molecule has 0 atom stereocenters. The highest BCUT2D eigenvalue weighted by atomic mass is 16.5. The number of ether oxygens (including phenoxy) is 1. The van der Waals surface area contributed by atoms with Crippen molar-refractivity contribution >= 4 is 33.2 Å². The molecule has 5 nitrogen and oxygen atoms in total. The molecule has 4 heterocycles. The van der Waals surface area contributed by atoms with Crippen LogP contribution < -0.4 is 4.74 Å². The van der Waals surface area contributed by atoms with E-state index in [1.54, 1.807) is 0 Å². The molecule has 0 unspecified atom stereocenters. The third kappa shape index (κ3) is 4.42. The van der Waals surface area contributed by atoms with Gasteiger partial charge in [0.2, 0.25) is 5.71 Å². The van der Waals surface area contributed by atoms with E-state index in [4.69, 9.17) is 18.6 Å². The first-order valence-corrected chi connectivity index (χ1v) is 14.0. The summed E-state index contributed by atoms with van der Waals surface area (Å²) in [5, 5.41) is 1.93. The Morgan fingerprint density at radius 2 is 1.44 bits per heavy atom. The van der Waals surface area contributed by atoms with E-state index in [1.807, 2.05) is 48.7 Å². The topological polar surface area (TPSA) is 61.3 Å². The van der Waals surface area contributed by atoms with E-state index in [0.717, 1.165) is 72.7 Å². The van der Waals surface area contributed by atoms with Gasteiger partial charge in [-0.1, -0.05) is 65.8 Å². The molecule has 0 N–H and O–H groups in total. The van der Waals surface area contributed by atoms with Crippen molar-refractivity contribution in [1.29, 1.82) is 0 Å². The average Bonchev–Trinajstić information content (AvgIpc) is 3.51. The van der Waals surface area contributed by atoms with Gasteiger partial charge in [-0.25, -0.2) is 4.98 Å². The number of pyridine rings is 2. The van der Waals surface area contributed by atoms with Crippen molar-refractivity contribution in [2.24, 2.45) is 0 Å². The first kappa shape index (κ1) is 25.3. The van der Waals surface area contributed by atoms with Crippen LogP contribution in [0.4, 0.5) is 0 Å². The van der Waals surface area contributed by atoms with Crippen LogP contribution in [0, 0.1) is 0 Å². The van der Waals surface area contributed by atoms with E-state index in [0.29, 0.717) is 5.71 Å². The molecule has 204 valence electrons. The molecule has 4 aromatic heterocycles. The maximum Gasteiger partial charge on any atom is 0.231 e. The summed E-state index contributed by atoms with van der Waals surface area (Å²) in [6.07, 6.45) is 1.81. The van der Waals surface area contributed by atoms with E-state index in [-0.39, 0.29) is 10.8 Å². The van der Waals surface area contributed by atoms with Crippen LogP contribution in [0.25, 0.3) is 55.7 Å². The van der Waals surface area contributed by atoms with Crippen molar-refractivity contribution in [1.82, 2.24) is 9.97 Å². The lowest BCUT2D eigenvalue weighted by atomic mass is 9.85. The lowest BCUT2D eigenvalue weighted by Gasteiger charge is -2.25. The molecule has 41 heavy (non-hydrogen) atoms. The Balaban J connectivity index is 1.38. The van der Waals surface area contributed by atoms with Crippen LogP contribution in [-0.2, 0) is 10.8 Å². The van der Waals surface area contributed by atoms with E-state index in [9.17, 15) is 0 Å². The fourth-order valence-corrected chi connectivity index (χ4v) is 5.47. The predicted molar refractivity (Wildman–Crippen MR) is 165 cm³/mol. The largest absolute Gasteiger partial charge is 0.457 e. The van der Waals surface area contributed by atoms with Gasteiger partial charge in [-0.05, 0) is 64.9 Å². The number of hydrogen-bond donors (Lipinski definition) is 0. The van der Waals surface area contributed by atoms with Gasteiger partial charge >= 0.3 is 0 Å². The van der Waals surface area contributed by atoms with Gasteiger partial charge in [0.15, 0.2) is 0 Å². The molecule has 7 rings (SSSR count). The Morgan fingerprint density at radius 1 is 0.634 bits per heavy atom. The molecule has 0 aliphatic rings. The number of aromatic nitrogens is 2. The Bertz CT molecular complexity index is 1980. The molecular formula is C36H32N2O3. The van der Waals surface area contributed by atoms with E-state index < -0.39 is 0 Å². The fourth-order valence-electron chi connectivity index (χ4n) is 5.47. The summed E-state index contributed by atoms with van der Waals surface area (Å²) in [5.74, 6) is 1.56. The van der Waals surface area contributed by atoms with Crippen LogP contribution in [0.2, 0.25) is 0 Å². The van der Waals surface area contributed by atoms with Crippen LogP contribution in [0.1, 0.15) is 52.7 Å². The predicted octanol–water partition coefficient (Wildman–Crippen LogP) is 10.3. The normalized spacial score (nSPS) is 12.6. The summed E-state index contributed by atoms with van der Waals surface area (Å²) >= 11 is 0. The summed E-state index contributed by atoms with van der Waals surface area (Å²) in [4.78, 5) is 9.51. The monoisotopic (exact) mass is 540 g/mol. The van der Waals surface area contributed by atoms with Crippen LogP contribution >= 0.6 is 0 Å². The SMILES string of the molecule is CC(C)(C)c1cc(Oc2cc(-c3ccccn3)ccc2C(C)(C)C)cc(-c2cc3oc4cccc5oc(n2)c3c45)c1. The van der Waals surface area contributed by atoms with Gasteiger partial charge in [0.1, 0.15) is 28.2 Å². The van der Waals surface area contributed by atoms with Crippen molar-refractivity contribution in [3.05, 3.63) is 96.2 Å². The first-order chi connectivity index (χ1) is 19.5. The van der Waals surface area contributed by atoms with Gasteiger partial charge in [-0.3, -0.25) is 4.98 Å². The maximum atomic E-state index is 6.77. The second-order valence-electron chi connectivity index (χ2n) is 12.8. The zero-order chi connectivity index (χ0) is 28.5. The molecule has 0 bridgehead atoms. The van der Waals surface area contributed by atoms with Crippen molar-refractivity contribution in [2.45, 2.75) is 52.4 Å². The summed E-state index contributed by atoms with van der Waals surface area (Å²) < 4.78 is 19.1. The molecule has 7 aromatic rings. The van der Waals surface area contributed by atoms with E-state index in [2.05, 4.69) is 82.9 Å². The van der Waals surface area contributed by atoms with Crippen LogP contribution in [0.15, 0.2) is 93.9 Å². The number of benzene rings is 3. The minimum absolute atomic E-state index is 0.110. The standard InChI is InChI=1S/C36H32N2O3/c1-35(2,3)23-16-22(27-20-31-33-32-28(40-31)11-9-12-29(32)41-34(33)38-27)17-24(19-23)39-30-18-21(26-10-7-8-15-37-26)13-14-25(30)36(4,5)6/h7-20H,1-6H3. The molecule has 0 radical (unpaired) electrons. The zero-order valence-corrected chi connectivity index (χ0v) is 24.2. The molecule has 0 saturated carbocycles. The fraction of sp³-hybridized carbons (Fsp3) is 0.222. The lowest BCUT2D eigenvalue weighted by Crippen LogP contribution is -2.13. The summed E-state index contributed by atoms with van der Waals surface area (Å²) in [5.41, 5.74) is 8.63. The quantitative estimate of drug-likeness (QED) is 0.222. The van der Waals surface area contributed by atoms with Crippen molar-refractivity contribution in [2.75, 3.05) is 0 Å². The molecular weight excluding hydrogens is 508 g/mol. The summed E-state index contributed by atoms with van der Waals surface area (Å²) in [6.45, 7) is 13.2. The molecule has 3 aromatic carbocycles. The third-order valence-corrected chi connectivity index (χ3v) is 7.66. The van der Waals surface area contributed by atoms with Crippen LogP contribution in [-0.4, -0.2) is 9.97 Å². The van der Waals surface area contributed by atoms with Crippen LogP contribution in [0.3, 0.4) is 0 Å². The van der Waals surface area contributed by atoms with E-state index >= 15 is 0 Å². The van der Waals surface area contributed by atoms with Crippen molar-refractivity contribution in [3.8, 4) is 34.0 Å². The number of nitrogens with zero attached hydrogens (tertiary/aromatic N) is 2. The van der Waals surface area contributed by atoms with Crippen molar-refractivity contribution in [3.63, 3.8) is 0 Å². The van der Waals surface area contributed by atoms with Gasteiger partial charge in [-0.15, -0.1) is 0 Å². The number of hydrogen-bond acceptors (Lipinski definition) is 5. The van der Waals surface area contributed by atoms with E-state index in [1.165, 1.54) is 0 Å². The lowest BCUT2D eigenvalue weighted by molar-refractivity contribution is 0.453. The number of furan rings is 2. The molecule has 0 saturated heterocycles. The zero-order valence-electron chi connectivity index (χ0n) is 24.2. The molecule has 0 amide bonds. The molecule has 5 heteroatoms. The number of rotatable bonds is 4. The Labute approximate surface area is 239 Å². The maximum absolute atomic E-state index is 6.77.